The van der Waals surface area contributed by atoms with Crippen LogP contribution in [0.1, 0.15) is 87.5 Å². The highest BCUT2D eigenvalue weighted by atomic mass is 16.5. The summed E-state index contributed by atoms with van der Waals surface area (Å²) in [4.78, 5) is 46.9. The molecule has 3 saturated heterocycles. The van der Waals surface area contributed by atoms with E-state index in [9.17, 15) is 19.8 Å². The number of fused-ring (bicyclic) bond motifs is 2. The van der Waals surface area contributed by atoms with Crippen molar-refractivity contribution >= 4 is 29.0 Å². The third kappa shape index (κ3) is 10.7. The number of ether oxygens (including phenoxy) is 3. The van der Waals surface area contributed by atoms with Gasteiger partial charge in [-0.05, 0) is 78.7 Å². The monoisotopic (exact) mass is 1000 g/mol. The van der Waals surface area contributed by atoms with Gasteiger partial charge in [0.15, 0.2) is 23.9 Å². The number of phenolic OH excluding ortho intramolecular Hbond substituents is 1. The van der Waals surface area contributed by atoms with Crippen molar-refractivity contribution in [3.05, 3.63) is 114 Å². The second-order valence-corrected chi connectivity index (χ2v) is 19.5. The molecule has 7 heterocycles. The number of piperazine rings is 1. The third-order valence-electron chi connectivity index (χ3n) is 14.1. The molecule has 20 heteroatoms. The van der Waals surface area contributed by atoms with Gasteiger partial charge in [-0.15, -0.1) is 10.2 Å². The molecule has 5 N–H and O–H groups in total. The number of para-hydroxylation sites is 1. The summed E-state index contributed by atoms with van der Waals surface area (Å²) in [6, 6.07) is 22.8. The summed E-state index contributed by atoms with van der Waals surface area (Å²) in [6.45, 7) is 7.01. The van der Waals surface area contributed by atoms with Crippen molar-refractivity contribution in [1.29, 1.82) is 5.26 Å². The number of phenols is 1. The molecule has 0 spiro atoms. The molecule has 4 aromatic heterocycles. The Bertz CT molecular complexity index is 3080. The van der Waals surface area contributed by atoms with Crippen molar-refractivity contribution in [2.75, 3.05) is 41.8 Å². The molecule has 10 rings (SSSR count). The van der Waals surface area contributed by atoms with Gasteiger partial charge in [-0.2, -0.15) is 5.26 Å². The lowest BCUT2D eigenvalue weighted by Gasteiger charge is -2.43. The number of nitrogens with zero attached hydrogens (tertiary/aromatic N) is 10. The van der Waals surface area contributed by atoms with Crippen LogP contribution in [0.4, 0.5) is 17.2 Å². The molecule has 3 aliphatic heterocycles. The SMILES string of the molecule is CC(C)[C@H](C(=O)N1C[C@H](O)C[C@H]1C(=O)N[C@@H](C)c1ccc(C#N)cc1)c1cc(OCC#Cc2ncc(OC3CC(Oc4cc(N5C6CC[C@@H]5CN(c5cc(-c7ccccc7O)nnc5N)C6)ccn4)C3)cn2)no1. The smallest absolute Gasteiger partial charge is 0.255 e. The molecule has 4 fully saturated rings. The molecule has 380 valence electrons. The molecule has 20 nitrogen and oxygen atoms in total. The van der Waals surface area contributed by atoms with Gasteiger partial charge < -0.3 is 54.7 Å². The summed E-state index contributed by atoms with van der Waals surface area (Å²) >= 11 is 0. The maximum absolute atomic E-state index is 14.1. The van der Waals surface area contributed by atoms with Crippen molar-refractivity contribution in [3.8, 4) is 52.4 Å². The third-order valence-corrected chi connectivity index (χ3v) is 14.1. The summed E-state index contributed by atoms with van der Waals surface area (Å²) in [5, 5.41) is 45.6. The molecule has 2 amide bonds. The first kappa shape index (κ1) is 49.1. The van der Waals surface area contributed by atoms with E-state index >= 15 is 0 Å². The Kier molecular flexibility index (Phi) is 14.1. The molecule has 1 saturated carbocycles. The quantitative estimate of drug-likeness (QED) is 0.0947. The maximum Gasteiger partial charge on any atom is 0.255 e. The van der Waals surface area contributed by atoms with Crippen LogP contribution in [-0.2, 0) is 9.59 Å². The number of amides is 2. The highest BCUT2D eigenvalue weighted by molar-refractivity contribution is 5.91. The van der Waals surface area contributed by atoms with Gasteiger partial charge >= 0.3 is 0 Å². The summed E-state index contributed by atoms with van der Waals surface area (Å²) < 4.78 is 23.8. The van der Waals surface area contributed by atoms with Crippen molar-refractivity contribution in [2.24, 2.45) is 5.92 Å². The number of carbonyl (C=O) groups excluding carboxylic acids is 2. The Labute approximate surface area is 427 Å². The summed E-state index contributed by atoms with van der Waals surface area (Å²) in [7, 11) is 0. The Hall–Kier alpha value is -8.49. The number of aromatic hydroxyl groups is 1. The molecule has 1 aliphatic carbocycles. The van der Waals surface area contributed by atoms with Crippen LogP contribution in [0.2, 0.25) is 0 Å². The number of aliphatic hydroxyl groups is 1. The van der Waals surface area contributed by atoms with Gasteiger partial charge in [0, 0.05) is 80.6 Å². The highest BCUT2D eigenvalue weighted by Crippen LogP contribution is 2.40. The summed E-state index contributed by atoms with van der Waals surface area (Å²) in [5.41, 5.74) is 10.7. The van der Waals surface area contributed by atoms with Crippen molar-refractivity contribution in [3.63, 3.8) is 0 Å². The van der Waals surface area contributed by atoms with Gasteiger partial charge in [0.1, 0.15) is 29.9 Å². The minimum atomic E-state index is -0.889. The fraction of sp³-hybridized carbons (Fsp3) is 0.389. The number of nitrogen functional groups attached to an aromatic ring is 1. The van der Waals surface area contributed by atoms with E-state index in [1.165, 1.54) is 11.0 Å². The van der Waals surface area contributed by atoms with E-state index in [2.05, 4.69) is 63.3 Å². The summed E-state index contributed by atoms with van der Waals surface area (Å²) in [5.74, 6) is 6.20. The van der Waals surface area contributed by atoms with Crippen LogP contribution < -0.4 is 35.1 Å². The number of aliphatic hydroxyl groups excluding tert-OH is 1. The fourth-order valence-corrected chi connectivity index (χ4v) is 10.3. The first-order valence-electron chi connectivity index (χ1n) is 24.8. The minimum Gasteiger partial charge on any atom is -0.507 e. The number of rotatable bonds is 15. The number of nitrogens with one attached hydrogen (secondary N) is 1. The molecule has 4 aliphatic rings. The lowest BCUT2D eigenvalue weighted by molar-refractivity contribution is -0.141. The largest absolute Gasteiger partial charge is 0.507 e. The van der Waals surface area contributed by atoms with Crippen LogP contribution in [0, 0.1) is 29.1 Å². The number of nitriles is 1. The molecular weight excluding hydrogens is 945 g/mol. The zero-order valence-electron chi connectivity index (χ0n) is 41.1. The number of hydrogen-bond donors (Lipinski definition) is 4. The Morgan fingerprint density at radius 2 is 1.65 bits per heavy atom. The molecule has 1 unspecified atom stereocenters. The fourth-order valence-electron chi connectivity index (χ4n) is 10.3. The number of likely N-dealkylation sites (tertiary alicyclic amines) is 1. The number of anilines is 3. The molecule has 0 radical (unpaired) electrons. The number of hydrogen-bond acceptors (Lipinski definition) is 18. The Balaban J connectivity index is 0.672. The van der Waals surface area contributed by atoms with Crippen molar-refractivity contribution in [1.82, 2.24) is 40.5 Å². The zero-order valence-corrected chi connectivity index (χ0v) is 41.1. The molecule has 6 atom stereocenters. The van der Waals surface area contributed by atoms with Crippen LogP contribution in [0.5, 0.6) is 23.3 Å². The number of β-amino-alcohol motifs (C(OH)–C–C–N with tert-alkyl or cyclic N) is 1. The Morgan fingerprint density at radius 1 is 0.905 bits per heavy atom. The topological polar surface area (TPSA) is 264 Å². The van der Waals surface area contributed by atoms with Crippen molar-refractivity contribution in [2.45, 2.75) is 101 Å². The predicted molar refractivity (Wildman–Crippen MR) is 270 cm³/mol. The van der Waals surface area contributed by atoms with E-state index in [0.717, 1.165) is 42.9 Å². The molecule has 6 aromatic rings. The van der Waals surface area contributed by atoms with E-state index in [0.29, 0.717) is 47.1 Å². The van der Waals surface area contributed by atoms with E-state index in [-0.39, 0.29) is 84.8 Å². The highest BCUT2D eigenvalue weighted by Gasteiger charge is 2.44. The van der Waals surface area contributed by atoms with E-state index < -0.39 is 24.1 Å². The lowest BCUT2D eigenvalue weighted by atomic mass is 9.91. The average Bonchev–Trinajstić information content (AvgIpc) is 4.10. The lowest BCUT2D eigenvalue weighted by Crippen LogP contribution is -2.54. The standard InChI is InChI=1S/C54H56N12O8/c1-31(2)51(54(70)65-30-38(67)20-45(65)53(69)60-32(3)34-12-10-33(25-55)11-13-34)47-24-50(63-74-47)71-18-6-9-48-58-26-41(27-59-48)72-39-21-40(22-39)73-49-19-35(16-17-57-49)66-36-14-15-37(66)29-64(28-36)44-23-43(61-62-52(44)56)42-7-4-5-8-46(42)68/h4-5,7-8,10-13,16-17,19,23-24,26-27,31-32,36-40,45,51,67-68H,14-15,18,20-22,28-30H2,1-3H3,(H2,56,62)(H,60,69)/t32-,36+,37?,38+,39?,40?,45-,51-/m0/s1. The zero-order chi connectivity index (χ0) is 51.5. The normalized spacial score (nSPS) is 21.7. The number of nitrogens with two attached hydrogens (primary N) is 1. The second kappa shape index (κ2) is 21.3. The predicted octanol–water partition coefficient (Wildman–Crippen LogP) is 5.33. The van der Waals surface area contributed by atoms with Crippen LogP contribution >= 0.6 is 0 Å². The first-order chi connectivity index (χ1) is 35.9. The minimum absolute atomic E-state index is 0.00365. The van der Waals surface area contributed by atoms with Gasteiger partial charge in [0.05, 0.1) is 47.6 Å². The van der Waals surface area contributed by atoms with Crippen LogP contribution in [0.15, 0.2) is 95.9 Å². The van der Waals surface area contributed by atoms with E-state index in [1.54, 1.807) is 55.0 Å². The van der Waals surface area contributed by atoms with Crippen LogP contribution in [0.3, 0.4) is 0 Å². The van der Waals surface area contributed by atoms with Gasteiger partial charge in [-0.3, -0.25) is 9.59 Å². The number of benzene rings is 2. The summed E-state index contributed by atoms with van der Waals surface area (Å²) in [6.07, 6.45) is 7.48. The van der Waals surface area contributed by atoms with Crippen LogP contribution in [0.25, 0.3) is 11.3 Å². The van der Waals surface area contributed by atoms with Crippen molar-refractivity contribution < 1.29 is 38.5 Å². The number of pyridine rings is 1. The van der Waals surface area contributed by atoms with Gasteiger partial charge in [-0.1, -0.05) is 44.0 Å². The van der Waals surface area contributed by atoms with Gasteiger partial charge in [0.2, 0.25) is 23.5 Å². The molecule has 2 aromatic carbocycles. The molecular formula is C54H56N12O8. The number of aromatic nitrogens is 6. The number of carbonyl (C=O) groups is 2. The first-order valence-corrected chi connectivity index (χ1v) is 24.8. The van der Waals surface area contributed by atoms with Gasteiger partial charge in [0.25, 0.3) is 5.88 Å². The molecule has 2 bridgehead atoms. The Morgan fingerprint density at radius 3 is 2.38 bits per heavy atom. The van der Waals surface area contributed by atoms with E-state index in [1.807, 2.05) is 51.1 Å². The van der Waals surface area contributed by atoms with Gasteiger partial charge in [-0.25, -0.2) is 15.0 Å². The molecule has 74 heavy (non-hydrogen) atoms. The van der Waals surface area contributed by atoms with Crippen LogP contribution in [-0.4, -0.2) is 120 Å². The van der Waals surface area contributed by atoms with E-state index in [4.69, 9.17) is 29.7 Å². The average molecular weight is 1000 g/mol. The maximum atomic E-state index is 14.1. The second-order valence-electron chi connectivity index (χ2n) is 19.5.